The average molecular weight is 3480 g/mol. The van der Waals surface area contributed by atoms with Gasteiger partial charge in [-0.3, -0.25) is 28.8 Å². The Labute approximate surface area is 1020 Å². The molecule has 3 aromatic carbocycles. The number of esters is 4. The fraction of sp³-hybridized carbons (Fsp3) is 0.703. The number of ether oxygens (including phenoxy) is 16. The number of carboxylic acid groups (broad SMARTS) is 2. The second kappa shape index (κ2) is 92.0. The summed E-state index contributed by atoms with van der Waals surface area (Å²) in [6, 6.07) is 31.7. The van der Waals surface area contributed by atoms with Gasteiger partial charge in [-0.15, -0.1) is 0 Å². The van der Waals surface area contributed by atoms with Gasteiger partial charge in [-0.1, -0.05) is 264 Å². The Bertz CT molecular complexity index is 3660. The van der Waals surface area contributed by atoms with Crippen LogP contribution in [0.25, 0.3) is 0 Å². The van der Waals surface area contributed by atoms with Gasteiger partial charge in [0.15, 0.2) is 6.29 Å². The molecule has 9 aliphatic rings. The zero-order valence-electron chi connectivity index (χ0n) is 85.0. The van der Waals surface area contributed by atoms with Crippen molar-refractivity contribution < 1.29 is 150 Å². The first-order chi connectivity index (χ1) is 68.7. The van der Waals surface area contributed by atoms with Gasteiger partial charge in [0, 0.05) is 196 Å². The molecule has 43 heteroatoms. The van der Waals surface area contributed by atoms with Crippen molar-refractivity contribution >= 4 is 317 Å². The quantitative estimate of drug-likeness (QED) is 0.00771. The van der Waals surface area contributed by atoms with Gasteiger partial charge in [0.25, 0.3) is 0 Å². The number of methoxy groups -OCH3 is 13. The van der Waals surface area contributed by atoms with E-state index in [2.05, 4.69) is 359 Å². The van der Waals surface area contributed by atoms with Crippen molar-refractivity contribution in [2.75, 3.05) is 151 Å². The summed E-state index contributed by atoms with van der Waals surface area (Å²) in [7, 11) is 20.2. The third kappa shape index (κ3) is 57.6. The van der Waals surface area contributed by atoms with Gasteiger partial charge in [0.05, 0.1) is 124 Å². The number of alkyl halides is 7. The molecule has 0 spiro atoms. The van der Waals surface area contributed by atoms with E-state index in [0.29, 0.717) is 141 Å². The number of aliphatic hydroxyl groups is 4. The van der Waals surface area contributed by atoms with E-state index in [9.17, 15) is 44.1 Å². The van der Waals surface area contributed by atoms with Crippen LogP contribution in [-0.4, -0.2) is 290 Å². The van der Waals surface area contributed by atoms with E-state index in [-0.39, 0.29) is 152 Å². The van der Waals surface area contributed by atoms with Crippen LogP contribution in [0.15, 0.2) is 127 Å². The molecule has 1 unspecified atom stereocenters. The molecule has 12 rings (SSSR count). The van der Waals surface area contributed by atoms with Crippen molar-refractivity contribution in [3.63, 3.8) is 0 Å². The summed E-state index contributed by atoms with van der Waals surface area (Å²) in [5.74, 6) is 1.89. The van der Waals surface area contributed by atoms with Crippen LogP contribution < -0.4 is 15.9 Å². The molecule has 831 valence electrons. The number of benzene rings is 3. The second-order valence-corrected chi connectivity index (χ2v) is 100. The molecule has 9 fully saturated rings. The van der Waals surface area contributed by atoms with Gasteiger partial charge in [-0.05, 0) is 127 Å². The molecule has 3 aliphatic heterocycles. The molecule has 3 aromatic rings. The van der Waals surface area contributed by atoms with Crippen molar-refractivity contribution in [2.45, 2.75) is 216 Å². The zero-order chi connectivity index (χ0) is 108. The molecule has 3 saturated heterocycles. The summed E-state index contributed by atoms with van der Waals surface area (Å²) < 4.78 is 85.4. The molecule has 3 heterocycles. The van der Waals surface area contributed by atoms with Crippen LogP contribution in [0.2, 0.25) is 0 Å². The first-order valence-corrected chi connectivity index (χ1v) is 82.7. The first-order valence-electron chi connectivity index (χ1n) is 47.1. The minimum atomic E-state index is -1.87. The van der Waals surface area contributed by atoms with E-state index >= 15 is 0 Å². The van der Waals surface area contributed by atoms with Crippen molar-refractivity contribution in [1.29, 1.82) is 0 Å². The van der Waals surface area contributed by atoms with Gasteiger partial charge in [0.2, 0.25) is 0 Å². The number of allylic oxidation sites excluding steroid dienone is 6. The third-order valence-electron chi connectivity index (χ3n) is 26.5. The number of carbonyl (C=O) groups is 6. The van der Waals surface area contributed by atoms with E-state index in [4.69, 9.17) is 81.6 Å². The number of halogens is 12. The molecule has 0 bridgehead atoms. The van der Waals surface area contributed by atoms with Crippen molar-refractivity contribution in [2.24, 2.45) is 76.9 Å². The summed E-state index contributed by atoms with van der Waals surface area (Å²) in [4.78, 5) is 69.2. The Balaban J connectivity index is 0. The molecule has 28 nitrogen and oxygen atoms in total. The summed E-state index contributed by atoms with van der Waals surface area (Å²) in [6.07, 6.45) is 25.5. The summed E-state index contributed by atoms with van der Waals surface area (Å²) in [5, 5.41) is 60.3. The van der Waals surface area contributed by atoms with Crippen LogP contribution in [0.5, 0.6) is 0 Å². The van der Waals surface area contributed by atoms with E-state index in [1.807, 2.05) is 52.4 Å². The second-order valence-electron chi connectivity index (χ2n) is 34.4. The molecule has 6 N–H and O–H groups in total. The molecular weight excluding hydrogens is 3320 g/mol. The maximum atomic E-state index is 11.1. The molecule has 0 radical (unpaired) electrons. The number of rotatable bonds is 39. The molecule has 6 aliphatic carbocycles. The Morgan fingerprint density at radius 3 is 1.06 bits per heavy atom. The van der Waals surface area contributed by atoms with Crippen molar-refractivity contribution in [1.82, 2.24) is 0 Å². The number of aliphatic hydroxyl groups excluding tert-OH is 4. The van der Waals surface area contributed by atoms with Gasteiger partial charge in [-0.2, -0.15) is 0 Å². The van der Waals surface area contributed by atoms with Crippen LogP contribution in [0, 0.1) is 76.9 Å². The number of aliphatic carboxylic acids is 2. The van der Waals surface area contributed by atoms with Crippen molar-refractivity contribution in [3.05, 3.63) is 127 Å². The Morgan fingerprint density at radius 1 is 0.438 bits per heavy atom. The molecule has 0 aromatic heterocycles. The first kappa shape index (κ1) is 149. The number of fused-ring (bicyclic) bond motifs is 3. The number of carboxylic acids is 2. The summed E-state index contributed by atoms with van der Waals surface area (Å²) >= 11 is 27.9. The number of carbonyl (C=O) groups excluding carboxylic acids is 4. The van der Waals surface area contributed by atoms with Crippen LogP contribution in [0.1, 0.15) is 143 Å². The molecule has 25 atom stereocenters. The molecule has 6 saturated carbocycles. The minimum absolute atomic E-state index is 0. The fourth-order valence-electron chi connectivity index (χ4n) is 20.1. The number of hydrogen-bond donors (Lipinski definition) is 6. The Kier molecular flexibility index (Phi) is 95.5. The van der Waals surface area contributed by atoms with Crippen LogP contribution in [-0.2, 0) is 119 Å². The van der Waals surface area contributed by atoms with Crippen molar-refractivity contribution in [3.8, 4) is 0 Å². The van der Waals surface area contributed by atoms with E-state index in [0.717, 1.165) is 70.5 Å². The van der Waals surface area contributed by atoms with Crippen LogP contribution in [0.3, 0.4) is 0 Å². The monoisotopic (exact) mass is 3480 g/mol. The predicted octanol–water partition coefficient (Wildman–Crippen LogP) is 22.2. The maximum absolute atomic E-state index is 11.1. The van der Waals surface area contributed by atoms with E-state index in [1.54, 1.807) is 78.2 Å². The predicted molar refractivity (Wildman–Crippen MR) is 669 cm³/mol. The van der Waals surface area contributed by atoms with Crippen LogP contribution >= 0.6 is 265 Å². The Hall–Kier alpha value is 3.42. The Morgan fingerprint density at radius 2 is 0.729 bits per heavy atom. The van der Waals surface area contributed by atoms with Crippen LogP contribution in [0.4, 0.5) is 0 Å². The van der Waals surface area contributed by atoms with Gasteiger partial charge >= 0.3 is 150 Å². The van der Waals surface area contributed by atoms with E-state index in [1.165, 1.54) is 32.6 Å². The van der Waals surface area contributed by atoms with E-state index < -0.39 is 25.5 Å². The third-order valence-corrected chi connectivity index (χ3v) is 31.0. The van der Waals surface area contributed by atoms with Gasteiger partial charge < -0.3 is 106 Å². The van der Waals surface area contributed by atoms with Gasteiger partial charge in [-0.25, -0.2) is 0 Å². The average Bonchev–Trinajstić information content (AvgIpc) is 1.38. The normalized spacial score (nSPS) is 27.7. The van der Waals surface area contributed by atoms with Gasteiger partial charge in [0.1, 0.15) is 35.3 Å². The SMILES string of the molecule is C.CI.CI.COC[C@@H]1[C@@H](C/C=C\CCC(=O)O)[C@@H](O)C[C@H]1OC.COC[C@@H]1[C@@H](C/C=C\CCC(=O)OC)[C@@H](O)C[C@H]1OC.COC[C@@H]1[C@@H](C/C=C\CCC(=O)OC)[C@H](C)C[C@H]1OC.COC[C@@H]1[C@H]2CC(=O)O[C@H]2C[C@H]1OC.COC[C@@H]1[C@H]2CC(O)O[C@H]2C[C@H]1OC.CO[C@@H]1C[C@@H]2OC(=O)C[C@@H]2[C@H]1CO.IC(I)I.ICI.O=C(O)CCC[P+](c1ccccc1)(c1ccccc1)c1ccccc1.[I][V]([I])[I].[I][V][I]. The summed E-state index contributed by atoms with van der Waals surface area (Å²) in [6.45, 7) is 5.62. The number of hydrogen-bond acceptors (Lipinski definition) is 26. The fourth-order valence-corrected chi connectivity index (χ4v) is 24.4. The molecular formula is C101H161I12O28PV2+. The topological polar surface area (TPSA) is 371 Å². The molecule has 144 heavy (non-hydrogen) atoms. The summed E-state index contributed by atoms with van der Waals surface area (Å²) in [5.41, 5.74) is 0. The standard InChI is InChI=1S/C22H21O2P.C16H28O4.C15H26O5.C14H24O5.C10H18O4.C10H16O4.C9H14O4.CHI3.CH2I2.2CH3I.CH4.5HI.2V/c23-22(24)17-10-18-25(19-11-4-1-5-12-19,20-13-6-2-7-14-20)21-15-8-3-9-16-21;1-12-10-15(19-3)14(11-18-2)13(12)8-6-5-7-9-16(17)20-4;1-18-10-12-11(13(16)9-14(12)19-2)7-5-4-6-8-15(17)20-3;1-18-9-11-10(12(15)8-13(11)19-2)6-4-3-5-7-14(16)17;2*1-12-5-7-6-3-10(11)14-9(6)4-8(7)13-2;1-12-7-3-8-5(6(7)4-10)2-9(11)13-8;2-1(3)4;2-1-3;2*1-2;;;;;;;;/h1-9,11-16H,10,17-18H2;5-6,12-15H,7-11H2,1-4H3;4-5,11-14,16H,6-10H2,1-3H3;3-4,10-13,15H,5-9H2,1-2H3,(H,16,17);6-11H,3-5H2,1-2H3;6-9H,3-5H2,1-2H3;5-8,10H,2-4H2,1H3;1H;1H2;2*1H3;1H4;5*1H;;/q;;;;;;;;;;;;;;;;;+2;+3/p-4/b;6-5-;5-4-;4-3-;;;;;;;;;;;;;;;/t;12-,13+,14-,15-;11-,12-,13+,14-;10-,11-,12+,13-;6-,7-,8-,9+,10?;6-,7-,8-,9+;5-,6-,7-,8+;;;;;;;;;;;;/m.111111............/s1. The zero-order valence-corrected chi connectivity index (χ0v) is 115. The molecule has 0 amide bonds.